The molecule has 0 saturated heterocycles. The molecule has 0 aliphatic rings. The van der Waals surface area contributed by atoms with E-state index in [4.69, 9.17) is 0 Å². The summed E-state index contributed by atoms with van der Waals surface area (Å²) in [5.41, 5.74) is 1.61. The molecule has 23 heavy (non-hydrogen) atoms. The Morgan fingerprint density at radius 3 is 2.65 bits per heavy atom. The van der Waals surface area contributed by atoms with Crippen LogP contribution in [0.4, 0.5) is 10.1 Å². The first-order chi connectivity index (χ1) is 11.1. The lowest BCUT2D eigenvalue weighted by Crippen LogP contribution is -2.13. The summed E-state index contributed by atoms with van der Waals surface area (Å²) >= 11 is 3.16. The molecule has 1 aromatic heterocycles. The van der Waals surface area contributed by atoms with Gasteiger partial charge in [-0.15, -0.1) is 0 Å². The van der Waals surface area contributed by atoms with Gasteiger partial charge in [0.25, 0.3) is 5.91 Å². The predicted octanol–water partition coefficient (Wildman–Crippen LogP) is 3.48. The van der Waals surface area contributed by atoms with Gasteiger partial charge in [0.1, 0.15) is 18.5 Å². The summed E-state index contributed by atoms with van der Waals surface area (Å²) in [6.45, 7) is 0.593. The zero-order chi connectivity index (χ0) is 16.2. The van der Waals surface area contributed by atoms with Crippen LogP contribution in [0.5, 0.6) is 0 Å². The molecule has 1 heterocycles. The van der Waals surface area contributed by atoms with Gasteiger partial charge in [-0.05, 0) is 35.9 Å². The van der Waals surface area contributed by atoms with Gasteiger partial charge in [0.15, 0.2) is 0 Å². The number of carbonyl (C=O) groups is 1. The highest BCUT2D eigenvalue weighted by molar-refractivity contribution is 9.10. The van der Waals surface area contributed by atoms with Gasteiger partial charge < -0.3 is 5.32 Å². The van der Waals surface area contributed by atoms with Gasteiger partial charge in [0.05, 0.1) is 12.1 Å². The summed E-state index contributed by atoms with van der Waals surface area (Å²) in [5.74, 6) is -1.06. The number of aromatic nitrogens is 3. The first-order valence-corrected chi connectivity index (χ1v) is 7.59. The van der Waals surface area contributed by atoms with Crippen LogP contribution in [0, 0.1) is 5.82 Å². The number of benzene rings is 2. The number of rotatable bonds is 4. The van der Waals surface area contributed by atoms with Crippen LogP contribution in [0.1, 0.15) is 15.9 Å². The van der Waals surface area contributed by atoms with Crippen molar-refractivity contribution >= 4 is 27.5 Å². The molecule has 0 saturated carbocycles. The second kappa shape index (κ2) is 6.70. The molecule has 1 N–H and O–H groups in total. The highest BCUT2D eigenvalue weighted by Gasteiger charge is 2.12. The van der Waals surface area contributed by atoms with Crippen LogP contribution in [0.25, 0.3) is 0 Å². The summed E-state index contributed by atoms with van der Waals surface area (Å²) in [6, 6.07) is 11.6. The summed E-state index contributed by atoms with van der Waals surface area (Å²) in [5, 5.41) is 6.70. The van der Waals surface area contributed by atoms with E-state index >= 15 is 0 Å². The zero-order valence-electron chi connectivity index (χ0n) is 11.9. The van der Waals surface area contributed by atoms with Crippen LogP contribution in [0.2, 0.25) is 0 Å². The third-order valence-electron chi connectivity index (χ3n) is 3.20. The van der Waals surface area contributed by atoms with E-state index < -0.39 is 11.7 Å². The SMILES string of the molecule is O=C(Nc1ccc(Cn2cncn2)cc1)c1ccc(Br)cc1F. The van der Waals surface area contributed by atoms with Crippen LogP contribution in [0.15, 0.2) is 59.6 Å². The number of carbonyl (C=O) groups excluding carboxylic acids is 1. The molecule has 116 valence electrons. The molecular formula is C16H12BrFN4O. The van der Waals surface area contributed by atoms with Gasteiger partial charge >= 0.3 is 0 Å². The Hall–Kier alpha value is -2.54. The molecule has 0 aliphatic carbocycles. The molecular weight excluding hydrogens is 363 g/mol. The molecule has 0 spiro atoms. The van der Waals surface area contributed by atoms with Gasteiger partial charge in [0.2, 0.25) is 0 Å². The van der Waals surface area contributed by atoms with Gasteiger partial charge in [-0.3, -0.25) is 4.79 Å². The molecule has 0 unspecified atom stereocenters. The number of halogens is 2. The summed E-state index contributed by atoms with van der Waals surface area (Å²) in [4.78, 5) is 16.0. The Kier molecular flexibility index (Phi) is 4.47. The molecule has 3 rings (SSSR count). The van der Waals surface area contributed by atoms with E-state index in [2.05, 4.69) is 31.3 Å². The molecule has 5 nitrogen and oxygen atoms in total. The van der Waals surface area contributed by atoms with Crippen LogP contribution >= 0.6 is 15.9 Å². The fourth-order valence-electron chi connectivity index (χ4n) is 2.07. The topological polar surface area (TPSA) is 59.8 Å². The summed E-state index contributed by atoms with van der Waals surface area (Å²) in [6.07, 6.45) is 3.10. The minimum atomic E-state index is -0.570. The van der Waals surface area contributed by atoms with E-state index in [0.29, 0.717) is 16.7 Å². The molecule has 0 radical (unpaired) electrons. The van der Waals surface area contributed by atoms with Crippen LogP contribution in [-0.4, -0.2) is 20.7 Å². The number of nitrogens with one attached hydrogen (secondary N) is 1. The summed E-state index contributed by atoms with van der Waals surface area (Å²) < 4.78 is 16.1. The molecule has 0 fully saturated rings. The number of hydrogen-bond donors (Lipinski definition) is 1. The normalized spacial score (nSPS) is 10.5. The van der Waals surface area contributed by atoms with Crippen molar-refractivity contribution in [1.82, 2.24) is 14.8 Å². The lowest BCUT2D eigenvalue weighted by atomic mass is 10.1. The first kappa shape index (κ1) is 15.4. The first-order valence-electron chi connectivity index (χ1n) is 6.79. The van der Waals surface area contributed by atoms with E-state index in [1.54, 1.807) is 29.2 Å². The maximum Gasteiger partial charge on any atom is 0.258 e. The third kappa shape index (κ3) is 3.81. The average molecular weight is 375 g/mol. The van der Waals surface area contributed by atoms with Crippen LogP contribution in [-0.2, 0) is 6.54 Å². The van der Waals surface area contributed by atoms with E-state index in [-0.39, 0.29) is 5.56 Å². The van der Waals surface area contributed by atoms with E-state index in [0.717, 1.165) is 5.56 Å². The van der Waals surface area contributed by atoms with Crippen molar-refractivity contribution in [2.45, 2.75) is 6.54 Å². The minimum absolute atomic E-state index is 0.0001000. The van der Waals surface area contributed by atoms with Crippen molar-refractivity contribution in [1.29, 1.82) is 0 Å². The monoisotopic (exact) mass is 374 g/mol. The lowest BCUT2D eigenvalue weighted by Gasteiger charge is -2.08. The van der Waals surface area contributed by atoms with Gasteiger partial charge in [-0.2, -0.15) is 5.10 Å². The predicted molar refractivity (Wildman–Crippen MR) is 87.6 cm³/mol. The minimum Gasteiger partial charge on any atom is -0.322 e. The number of hydrogen-bond acceptors (Lipinski definition) is 3. The number of nitrogens with zero attached hydrogens (tertiary/aromatic N) is 3. The Balaban J connectivity index is 1.69. The Morgan fingerprint density at radius 2 is 2.00 bits per heavy atom. The van der Waals surface area contributed by atoms with Crippen LogP contribution < -0.4 is 5.32 Å². The quantitative estimate of drug-likeness (QED) is 0.760. The maximum absolute atomic E-state index is 13.8. The molecule has 3 aromatic rings. The van der Waals surface area contributed by atoms with E-state index in [9.17, 15) is 9.18 Å². The van der Waals surface area contributed by atoms with Crippen molar-refractivity contribution in [3.63, 3.8) is 0 Å². The largest absolute Gasteiger partial charge is 0.322 e. The Morgan fingerprint density at radius 1 is 1.22 bits per heavy atom. The summed E-state index contributed by atoms with van der Waals surface area (Å²) in [7, 11) is 0. The molecule has 0 bridgehead atoms. The fourth-order valence-corrected chi connectivity index (χ4v) is 2.40. The van der Waals surface area contributed by atoms with Gasteiger partial charge in [0, 0.05) is 10.2 Å². The lowest BCUT2D eigenvalue weighted by molar-refractivity contribution is 0.102. The van der Waals surface area contributed by atoms with E-state index in [1.165, 1.54) is 18.5 Å². The average Bonchev–Trinajstić information content (AvgIpc) is 3.02. The molecule has 2 aromatic carbocycles. The second-order valence-electron chi connectivity index (χ2n) is 4.87. The molecule has 1 amide bonds. The number of amides is 1. The highest BCUT2D eigenvalue weighted by atomic mass is 79.9. The second-order valence-corrected chi connectivity index (χ2v) is 5.78. The van der Waals surface area contributed by atoms with Crippen molar-refractivity contribution in [3.05, 3.63) is 76.5 Å². The van der Waals surface area contributed by atoms with Gasteiger partial charge in [-0.1, -0.05) is 28.1 Å². The van der Waals surface area contributed by atoms with Crippen LogP contribution in [0.3, 0.4) is 0 Å². The fraction of sp³-hybridized carbons (Fsp3) is 0.0625. The maximum atomic E-state index is 13.8. The zero-order valence-corrected chi connectivity index (χ0v) is 13.5. The Labute approximate surface area is 140 Å². The highest BCUT2D eigenvalue weighted by Crippen LogP contribution is 2.17. The molecule has 0 atom stereocenters. The van der Waals surface area contributed by atoms with Crippen molar-refractivity contribution in [2.75, 3.05) is 5.32 Å². The standard InChI is InChI=1S/C16H12BrFN4O/c17-12-3-6-14(15(18)7-12)16(23)21-13-4-1-11(2-5-13)8-22-10-19-9-20-22/h1-7,9-10H,8H2,(H,21,23). The van der Waals surface area contributed by atoms with E-state index in [1.807, 2.05) is 12.1 Å². The van der Waals surface area contributed by atoms with Crippen molar-refractivity contribution in [3.8, 4) is 0 Å². The van der Waals surface area contributed by atoms with Crippen molar-refractivity contribution in [2.24, 2.45) is 0 Å². The number of anilines is 1. The van der Waals surface area contributed by atoms with Crippen molar-refractivity contribution < 1.29 is 9.18 Å². The Bertz CT molecular complexity index is 819. The van der Waals surface area contributed by atoms with Gasteiger partial charge in [-0.25, -0.2) is 14.1 Å². The molecule has 7 heteroatoms. The third-order valence-corrected chi connectivity index (χ3v) is 3.69. The smallest absolute Gasteiger partial charge is 0.258 e. The molecule has 0 aliphatic heterocycles.